The van der Waals surface area contributed by atoms with Crippen LogP contribution in [0.4, 0.5) is 0 Å². The number of carbonyl (C=O) groups is 2. The maximum absolute atomic E-state index is 13.0. The summed E-state index contributed by atoms with van der Waals surface area (Å²) in [5, 5.41) is 12.9. The number of hydrogen-bond donors (Lipinski definition) is 1. The Morgan fingerprint density at radius 3 is 2.22 bits per heavy atom. The third-order valence-corrected chi connectivity index (χ3v) is 6.85. The van der Waals surface area contributed by atoms with E-state index in [1.165, 1.54) is 24.2 Å². The molecular formula is C26H34N2O3S. The van der Waals surface area contributed by atoms with Crippen molar-refractivity contribution in [1.82, 2.24) is 9.80 Å². The number of Topliss-reactive ketones (excluding diaryl/α,β-unsaturated/α-hetero) is 1. The van der Waals surface area contributed by atoms with Crippen LogP contribution in [0.15, 0.2) is 53.4 Å². The van der Waals surface area contributed by atoms with Gasteiger partial charge in [0.15, 0.2) is 0 Å². The number of aliphatic hydroxyl groups excluding tert-OH is 1. The Morgan fingerprint density at radius 1 is 0.969 bits per heavy atom. The largest absolute Gasteiger partial charge is 0.507 e. The molecule has 1 atom stereocenters. The van der Waals surface area contributed by atoms with Crippen molar-refractivity contribution in [2.75, 3.05) is 26.2 Å². The van der Waals surface area contributed by atoms with Gasteiger partial charge in [-0.3, -0.25) is 9.59 Å². The molecule has 0 radical (unpaired) electrons. The van der Waals surface area contributed by atoms with Crippen LogP contribution in [-0.2, 0) is 9.59 Å². The van der Waals surface area contributed by atoms with E-state index in [0.29, 0.717) is 12.1 Å². The van der Waals surface area contributed by atoms with Gasteiger partial charge in [0.2, 0.25) is 0 Å². The molecular weight excluding hydrogens is 420 g/mol. The number of nitrogens with zero attached hydrogens (tertiary/aromatic N) is 2. The first-order chi connectivity index (χ1) is 15.6. The van der Waals surface area contributed by atoms with E-state index in [1.54, 1.807) is 17.0 Å². The second kappa shape index (κ2) is 12.0. The molecule has 6 heteroatoms. The smallest absolute Gasteiger partial charge is 0.295 e. The van der Waals surface area contributed by atoms with Crippen LogP contribution in [0.2, 0.25) is 0 Å². The fourth-order valence-corrected chi connectivity index (χ4v) is 5.01. The number of aliphatic hydroxyl groups is 1. The summed E-state index contributed by atoms with van der Waals surface area (Å²) >= 11 is 1.50. The van der Waals surface area contributed by atoms with Crippen molar-refractivity contribution in [1.29, 1.82) is 0 Å². The molecule has 3 rings (SSSR count). The van der Waals surface area contributed by atoms with Crippen LogP contribution in [0.5, 0.6) is 0 Å². The number of ketones is 1. The molecule has 1 aliphatic rings. The van der Waals surface area contributed by atoms with Gasteiger partial charge >= 0.3 is 0 Å². The van der Waals surface area contributed by atoms with E-state index >= 15 is 0 Å². The lowest BCUT2D eigenvalue weighted by Gasteiger charge is -2.26. The van der Waals surface area contributed by atoms with Crippen LogP contribution in [0.1, 0.15) is 62.4 Å². The molecule has 1 aliphatic heterocycles. The predicted molar refractivity (Wildman–Crippen MR) is 131 cm³/mol. The summed E-state index contributed by atoms with van der Waals surface area (Å²) < 4.78 is 0. The molecule has 32 heavy (non-hydrogen) atoms. The van der Waals surface area contributed by atoms with Crippen molar-refractivity contribution < 1.29 is 14.7 Å². The Balaban J connectivity index is 1.82. The lowest BCUT2D eigenvalue weighted by atomic mass is 10.00. The Hall–Kier alpha value is -2.44. The minimum Gasteiger partial charge on any atom is -0.507 e. The Bertz CT molecular complexity index is 900. The summed E-state index contributed by atoms with van der Waals surface area (Å²) in [6, 6.07) is 12.3. The van der Waals surface area contributed by atoms with E-state index in [-0.39, 0.29) is 11.3 Å². The average molecular weight is 455 g/mol. The summed E-state index contributed by atoms with van der Waals surface area (Å²) in [4.78, 5) is 31.0. The first-order valence-corrected chi connectivity index (χ1v) is 12.6. The van der Waals surface area contributed by atoms with Crippen molar-refractivity contribution in [3.05, 3.63) is 63.9 Å². The van der Waals surface area contributed by atoms with Gasteiger partial charge < -0.3 is 14.9 Å². The molecule has 5 nitrogen and oxygen atoms in total. The highest BCUT2D eigenvalue weighted by molar-refractivity contribution is 7.10. The molecule has 2 aromatic rings. The molecule has 1 aromatic heterocycles. The highest BCUT2D eigenvalue weighted by atomic mass is 32.1. The third kappa shape index (κ3) is 5.67. The molecule has 172 valence electrons. The molecule has 1 aromatic carbocycles. The summed E-state index contributed by atoms with van der Waals surface area (Å²) in [7, 11) is 0. The van der Waals surface area contributed by atoms with E-state index < -0.39 is 17.7 Å². The van der Waals surface area contributed by atoms with Crippen LogP contribution in [0.25, 0.3) is 5.76 Å². The van der Waals surface area contributed by atoms with Crippen LogP contribution in [0.3, 0.4) is 0 Å². The zero-order chi connectivity index (χ0) is 22.9. The molecule has 0 saturated carbocycles. The topological polar surface area (TPSA) is 60.9 Å². The minimum absolute atomic E-state index is 0.0997. The second-order valence-corrected chi connectivity index (χ2v) is 9.26. The highest BCUT2D eigenvalue weighted by Crippen LogP contribution is 2.41. The number of rotatable bonds is 12. The van der Waals surface area contributed by atoms with E-state index in [0.717, 1.165) is 43.8 Å². The second-order valence-electron chi connectivity index (χ2n) is 8.28. The maximum Gasteiger partial charge on any atom is 0.295 e. The number of likely N-dealkylation sites (tertiary alicyclic amines) is 1. The number of unbranched alkanes of at least 4 members (excludes halogenated alkanes) is 2. The van der Waals surface area contributed by atoms with Gasteiger partial charge in [0, 0.05) is 17.0 Å². The van der Waals surface area contributed by atoms with E-state index in [2.05, 4.69) is 18.7 Å². The van der Waals surface area contributed by atoms with Gasteiger partial charge in [-0.2, -0.15) is 0 Å². The first-order valence-electron chi connectivity index (χ1n) is 11.7. The number of carbonyl (C=O) groups excluding carboxylic acids is 2. The lowest BCUT2D eigenvalue weighted by molar-refractivity contribution is -0.139. The third-order valence-electron chi connectivity index (χ3n) is 5.93. The molecule has 1 amide bonds. The van der Waals surface area contributed by atoms with Gasteiger partial charge in [0.1, 0.15) is 5.76 Å². The van der Waals surface area contributed by atoms with E-state index in [1.807, 2.05) is 35.7 Å². The average Bonchev–Trinajstić information content (AvgIpc) is 3.43. The summed E-state index contributed by atoms with van der Waals surface area (Å²) in [6.45, 7) is 7.93. The van der Waals surface area contributed by atoms with Crippen molar-refractivity contribution in [3.8, 4) is 0 Å². The Kier molecular flexibility index (Phi) is 9.06. The summed E-state index contributed by atoms with van der Waals surface area (Å²) in [5.41, 5.74) is 0.745. The Morgan fingerprint density at radius 2 is 1.62 bits per heavy atom. The van der Waals surface area contributed by atoms with Gasteiger partial charge in [-0.25, -0.2) is 0 Å². The zero-order valence-electron chi connectivity index (χ0n) is 19.1. The van der Waals surface area contributed by atoms with E-state index in [9.17, 15) is 14.7 Å². The lowest BCUT2D eigenvalue weighted by Crippen LogP contribution is -2.34. The zero-order valence-corrected chi connectivity index (χ0v) is 19.9. The van der Waals surface area contributed by atoms with Gasteiger partial charge in [-0.1, -0.05) is 63.1 Å². The van der Waals surface area contributed by atoms with Crippen molar-refractivity contribution in [2.24, 2.45) is 0 Å². The van der Waals surface area contributed by atoms with Gasteiger partial charge in [0.05, 0.1) is 11.6 Å². The number of benzene rings is 1. The monoisotopic (exact) mass is 454 g/mol. The van der Waals surface area contributed by atoms with Crippen LogP contribution in [-0.4, -0.2) is 52.8 Å². The van der Waals surface area contributed by atoms with Crippen LogP contribution in [0, 0.1) is 0 Å². The normalized spacial score (nSPS) is 18.1. The molecule has 2 heterocycles. The number of amides is 1. The quantitative estimate of drug-likeness (QED) is 0.263. The highest BCUT2D eigenvalue weighted by Gasteiger charge is 2.46. The fraction of sp³-hybridized carbons (Fsp3) is 0.462. The SMILES string of the molecule is CCCCN(CCCC)CCCN1C(=O)C(=O)/C(=C(\O)c2ccccc2)C1c1cccs1. The minimum atomic E-state index is -0.599. The van der Waals surface area contributed by atoms with Crippen molar-refractivity contribution in [2.45, 2.75) is 52.0 Å². The fourth-order valence-electron chi connectivity index (χ4n) is 4.17. The van der Waals surface area contributed by atoms with Crippen molar-refractivity contribution in [3.63, 3.8) is 0 Å². The number of hydrogen-bond acceptors (Lipinski definition) is 5. The van der Waals surface area contributed by atoms with E-state index in [4.69, 9.17) is 0 Å². The molecule has 1 unspecified atom stereocenters. The molecule has 0 aliphatic carbocycles. The Labute approximate surface area is 195 Å². The van der Waals surface area contributed by atoms with Crippen LogP contribution < -0.4 is 0 Å². The molecule has 1 N–H and O–H groups in total. The molecule has 0 bridgehead atoms. The van der Waals surface area contributed by atoms with Gasteiger partial charge in [-0.05, 0) is 50.3 Å². The first kappa shape index (κ1) is 24.2. The van der Waals surface area contributed by atoms with Crippen LogP contribution >= 0.6 is 11.3 Å². The van der Waals surface area contributed by atoms with Gasteiger partial charge in [0.25, 0.3) is 11.7 Å². The molecule has 1 saturated heterocycles. The molecule has 1 fully saturated rings. The maximum atomic E-state index is 13.0. The standard InChI is InChI=1S/C26H34N2O3S/c1-3-5-15-27(16-6-4-2)17-11-18-28-23(21-14-10-19-32-21)22(25(30)26(28)31)24(29)20-12-8-7-9-13-20/h7-10,12-14,19,23,29H,3-6,11,15-18H2,1-2H3/b24-22-. The number of thiophene rings is 1. The van der Waals surface area contributed by atoms with Crippen molar-refractivity contribution >= 4 is 28.8 Å². The summed E-state index contributed by atoms with van der Waals surface area (Å²) in [6.07, 6.45) is 5.46. The molecule has 0 spiro atoms. The summed E-state index contributed by atoms with van der Waals surface area (Å²) in [5.74, 6) is -1.22. The predicted octanol–water partition coefficient (Wildman–Crippen LogP) is 5.46. The van der Waals surface area contributed by atoms with Gasteiger partial charge in [-0.15, -0.1) is 11.3 Å².